The minimum Gasteiger partial charge on any atom is -0.331 e. The van der Waals surface area contributed by atoms with Crippen LogP contribution in [-0.4, -0.2) is 40.6 Å². The van der Waals surface area contributed by atoms with Gasteiger partial charge in [0.2, 0.25) is 0 Å². The zero-order valence-corrected chi connectivity index (χ0v) is 10.5. The van der Waals surface area contributed by atoms with Crippen molar-refractivity contribution in [1.82, 2.24) is 19.8 Å². The molecule has 2 heterocycles. The van der Waals surface area contributed by atoms with Gasteiger partial charge in [0.15, 0.2) is 0 Å². The molecule has 4 nitrogen and oxygen atoms in total. The number of hydrogen-bond acceptors (Lipinski definition) is 3. The Bertz CT molecular complexity index is 337. The zero-order valence-electron chi connectivity index (χ0n) is 10.5. The van der Waals surface area contributed by atoms with Crippen LogP contribution < -0.4 is 5.32 Å². The third kappa shape index (κ3) is 2.62. The van der Waals surface area contributed by atoms with Crippen LogP contribution in [0.25, 0.3) is 0 Å². The maximum absolute atomic E-state index is 4.63. The summed E-state index contributed by atoms with van der Waals surface area (Å²) in [6.45, 7) is 11.9. The van der Waals surface area contributed by atoms with Crippen LogP contribution in [0.3, 0.4) is 0 Å². The molecule has 0 spiro atoms. The molecule has 90 valence electrons. The van der Waals surface area contributed by atoms with E-state index in [2.05, 4.69) is 46.7 Å². The van der Waals surface area contributed by atoms with Crippen LogP contribution >= 0.6 is 0 Å². The average Bonchev–Trinajstić information content (AvgIpc) is 2.61. The van der Waals surface area contributed by atoms with Crippen molar-refractivity contribution in [1.29, 1.82) is 0 Å². The van der Waals surface area contributed by atoms with Gasteiger partial charge in [-0.1, -0.05) is 0 Å². The SMILES string of the molecule is Cc1cn(C(C)C)c(CN2CCNCC2)n1. The van der Waals surface area contributed by atoms with Gasteiger partial charge in [0, 0.05) is 38.4 Å². The van der Waals surface area contributed by atoms with Gasteiger partial charge in [0.1, 0.15) is 5.82 Å². The van der Waals surface area contributed by atoms with Gasteiger partial charge in [-0.25, -0.2) is 4.98 Å². The van der Waals surface area contributed by atoms with Gasteiger partial charge in [0.05, 0.1) is 12.2 Å². The van der Waals surface area contributed by atoms with E-state index in [1.54, 1.807) is 0 Å². The Hall–Kier alpha value is -0.870. The second-order valence-corrected chi connectivity index (χ2v) is 4.83. The van der Waals surface area contributed by atoms with Crippen molar-refractivity contribution >= 4 is 0 Å². The summed E-state index contributed by atoms with van der Waals surface area (Å²) in [7, 11) is 0. The molecule has 0 amide bonds. The first kappa shape index (κ1) is 11.6. The highest BCUT2D eigenvalue weighted by Gasteiger charge is 2.14. The molecule has 1 N–H and O–H groups in total. The molecular formula is C12H22N4. The van der Waals surface area contributed by atoms with Gasteiger partial charge in [-0.3, -0.25) is 4.90 Å². The van der Waals surface area contributed by atoms with Crippen molar-refractivity contribution in [3.8, 4) is 0 Å². The Morgan fingerprint density at radius 1 is 1.38 bits per heavy atom. The van der Waals surface area contributed by atoms with Crippen LogP contribution in [0.4, 0.5) is 0 Å². The van der Waals surface area contributed by atoms with Gasteiger partial charge < -0.3 is 9.88 Å². The third-order valence-corrected chi connectivity index (χ3v) is 3.06. The van der Waals surface area contributed by atoms with Gasteiger partial charge >= 0.3 is 0 Å². The van der Waals surface area contributed by atoms with E-state index in [0.29, 0.717) is 6.04 Å². The molecule has 4 heteroatoms. The van der Waals surface area contributed by atoms with E-state index >= 15 is 0 Å². The van der Waals surface area contributed by atoms with E-state index in [9.17, 15) is 0 Å². The van der Waals surface area contributed by atoms with Crippen LogP contribution in [0.1, 0.15) is 31.4 Å². The maximum Gasteiger partial charge on any atom is 0.123 e. The summed E-state index contributed by atoms with van der Waals surface area (Å²) in [5, 5.41) is 3.37. The fourth-order valence-corrected chi connectivity index (χ4v) is 2.20. The summed E-state index contributed by atoms with van der Waals surface area (Å²) in [6.07, 6.45) is 2.15. The van der Waals surface area contributed by atoms with Gasteiger partial charge in [-0.2, -0.15) is 0 Å². The molecule has 0 aromatic carbocycles. The van der Waals surface area contributed by atoms with E-state index in [1.807, 2.05) is 0 Å². The molecule has 0 atom stereocenters. The number of nitrogens with zero attached hydrogens (tertiary/aromatic N) is 3. The summed E-state index contributed by atoms with van der Waals surface area (Å²) in [4.78, 5) is 7.10. The zero-order chi connectivity index (χ0) is 11.5. The van der Waals surface area contributed by atoms with Crippen LogP contribution in [0.15, 0.2) is 6.20 Å². The Balaban J connectivity index is 2.07. The van der Waals surface area contributed by atoms with Crippen LogP contribution in [0.5, 0.6) is 0 Å². The van der Waals surface area contributed by atoms with Crippen molar-refractivity contribution in [2.75, 3.05) is 26.2 Å². The minimum absolute atomic E-state index is 0.499. The first-order valence-corrected chi connectivity index (χ1v) is 6.14. The lowest BCUT2D eigenvalue weighted by atomic mass is 10.3. The number of aryl methyl sites for hydroxylation is 1. The molecule has 1 aliphatic rings. The van der Waals surface area contributed by atoms with Crippen LogP contribution in [-0.2, 0) is 6.54 Å². The molecule has 1 aliphatic heterocycles. The number of piperazine rings is 1. The largest absolute Gasteiger partial charge is 0.331 e. The second kappa shape index (κ2) is 4.97. The molecule has 1 aromatic heterocycles. The Kier molecular flexibility index (Phi) is 3.61. The van der Waals surface area contributed by atoms with E-state index in [4.69, 9.17) is 0 Å². The lowest BCUT2D eigenvalue weighted by Crippen LogP contribution is -2.43. The first-order chi connectivity index (χ1) is 7.66. The lowest BCUT2D eigenvalue weighted by Gasteiger charge is -2.27. The van der Waals surface area contributed by atoms with Crippen molar-refractivity contribution in [2.45, 2.75) is 33.4 Å². The predicted molar refractivity (Wildman–Crippen MR) is 65.5 cm³/mol. The quantitative estimate of drug-likeness (QED) is 0.833. The van der Waals surface area contributed by atoms with E-state index in [-0.39, 0.29) is 0 Å². The summed E-state index contributed by atoms with van der Waals surface area (Å²) in [5.74, 6) is 1.20. The van der Waals surface area contributed by atoms with Crippen molar-refractivity contribution in [3.63, 3.8) is 0 Å². The van der Waals surface area contributed by atoms with Crippen molar-refractivity contribution in [3.05, 3.63) is 17.7 Å². The van der Waals surface area contributed by atoms with Crippen LogP contribution in [0, 0.1) is 6.92 Å². The number of rotatable bonds is 3. The number of imidazole rings is 1. The smallest absolute Gasteiger partial charge is 0.123 e. The number of hydrogen-bond donors (Lipinski definition) is 1. The van der Waals surface area contributed by atoms with Crippen molar-refractivity contribution < 1.29 is 0 Å². The monoisotopic (exact) mass is 222 g/mol. The Labute approximate surface area is 97.7 Å². The predicted octanol–water partition coefficient (Wildman–Crippen LogP) is 1.18. The van der Waals surface area contributed by atoms with E-state index in [1.165, 1.54) is 5.82 Å². The molecule has 0 radical (unpaired) electrons. The average molecular weight is 222 g/mol. The molecule has 16 heavy (non-hydrogen) atoms. The molecule has 1 fully saturated rings. The topological polar surface area (TPSA) is 33.1 Å². The minimum atomic E-state index is 0.499. The summed E-state index contributed by atoms with van der Waals surface area (Å²) >= 11 is 0. The summed E-state index contributed by atoms with van der Waals surface area (Å²) in [5.41, 5.74) is 1.12. The highest BCUT2D eigenvalue weighted by molar-refractivity contribution is 5.03. The van der Waals surface area contributed by atoms with Gasteiger partial charge in [0.25, 0.3) is 0 Å². The Morgan fingerprint density at radius 3 is 2.69 bits per heavy atom. The first-order valence-electron chi connectivity index (χ1n) is 6.14. The summed E-state index contributed by atoms with van der Waals surface area (Å²) < 4.78 is 2.29. The molecule has 0 aliphatic carbocycles. The normalized spacial score (nSPS) is 18.2. The van der Waals surface area contributed by atoms with Gasteiger partial charge in [-0.15, -0.1) is 0 Å². The molecular weight excluding hydrogens is 200 g/mol. The Morgan fingerprint density at radius 2 is 2.06 bits per heavy atom. The van der Waals surface area contributed by atoms with Crippen LogP contribution in [0.2, 0.25) is 0 Å². The fourth-order valence-electron chi connectivity index (χ4n) is 2.20. The third-order valence-electron chi connectivity index (χ3n) is 3.06. The molecule has 0 unspecified atom stereocenters. The summed E-state index contributed by atoms with van der Waals surface area (Å²) in [6, 6.07) is 0.499. The molecule has 0 saturated carbocycles. The number of aromatic nitrogens is 2. The fraction of sp³-hybridized carbons (Fsp3) is 0.750. The highest BCUT2D eigenvalue weighted by atomic mass is 15.2. The molecule has 1 saturated heterocycles. The second-order valence-electron chi connectivity index (χ2n) is 4.83. The van der Waals surface area contributed by atoms with Gasteiger partial charge in [-0.05, 0) is 20.8 Å². The van der Waals surface area contributed by atoms with Crippen molar-refractivity contribution in [2.24, 2.45) is 0 Å². The van der Waals surface area contributed by atoms with E-state index < -0.39 is 0 Å². The highest BCUT2D eigenvalue weighted by Crippen LogP contribution is 2.13. The molecule has 2 rings (SSSR count). The molecule has 1 aromatic rings. The molecule has 0 bridgehead atoms. The number of nitrogens with one attached hydrogen (secondary N) is 1. The standard InChI is InChI=1S/C12H22N4/c1-10(2)16-8-11(3)14-12(16)9-15-6-4-13-5-7-15/h8,10,13H,4-7,9H2,1-3H3. The maximum atomic E-state index is 4.63. The van der Waals surface area contributed by atoms with E-state index in [0.717, 1.165) is 38.4 Å². The lowest BCUT2D eigenvalue weighted by molar-refractivity contribution is 0.224.